The van der Waals surface area contributed by atoms with Crippen molar-refractivity contribution in [2.24, 2.45) is 5.10 Å². The fourth-order valence-electron chi connectivity index (χ4n) is 3.64. The third-order valence-corrected chi connectivity index (χ3v) is 8.27. The molecule has 0 saturated carbocycles. The molecule has 1 aliphatic heterocycles. The Kier molecular flexibility index (Phi) is 5.80. The van der Waals surface area contributed by atoms with Gasteiger partial charge in [-0.1, -0.05) is 83.3 Å². The van der Waals surface area contributed by atoms with Crippen LogP contribution in [0.15, 0.2) is 94.9 Å². The first kappa shape index (κ1) is 21.4. The van der Waals surface area contributed by atoms with Gasteiger partial charge >= 0.3 is 0 Å². The van der Waals surface area contributed by atoms with Crippen molar-refractivity contribution in [3.63, 3.8) is 0 Å². The van der Waals surface area contributed by atoms with Gasteiger partial charge in [0.25, 0.3) is 15.7 Å². The number of benzene rings is 3. The lowest BCUT2D eigenvalue weighted by atomic mass is 9.87. The second kappa shape index (κ2) is 8.39. The summed E-state index contributed by atoms with van der Waals surface area (Å²) in [5.41, 5.74) is 1.29. The number of non-ortho nitro benzene ring substituents is 1. The molecule has 158 valence electrons. The smallest absolute Gasteiger partial charge is 0.258 e. The molecule has 1 heterocycles. The lowest BCUT2D eigenvalue weighted by molar-refractivity contribution is -0.384. The average Bonchev–Trinajstić information content (AvgIpc) is 3.22. The molecule has 31 heavy (non-hydrogen) atoms. The van der Waals surface area contributed by atoms with Crippen LogP contribution in [-0.2, 0) is 15.6 Å². The fraction of sp³-hybridized carbons (Fsp3) is 0.136. The minimum Gasteiger partial charge on any atom is -0.258 e. The van der Waals surface area contributed by atoms with Crippen molar-refractivity contribution in [3.8, 4) is 0 Å². The quantitative estimate of drug-likeness (QED) is 0.193. The minimum atomic E-state index is -4.07. The first-order valence-corrected chi connectivity index (χ1v) is 12.4. The number of alkyl halides is 1. The Balaban J connectivity index is 1.87. The number of halogens is 1. The van der Waals surface area contributed by atoms with Crippen LogP contribution >= 0.6 is 22.6 Å². The van der Waals surface area contributed by atoms with Crippen LogP contribution in [0, 0.1) is 10.1 Å². The van der Waals surface area contributed by atoms with Gasteiger partial charge in [0.15, 0.2) is 0 Å². The Hall–Kier alpha value is -2.79. The highest BCUT2D eigenvalue weighted by atomic mass is 127. The molecule has 0 aliphatic carbocycles. The molecule has 0 radical (unpaired) electrons. The van der Waals surface area contributed by atoms with Crippen molar-refractivity contribution in [2.45, 2.75) is 16.9 Å². The summed E-state index contributed by atoms with van der Waals surface area (Å²) in [6.45, 7) is 0. The molecule has 0 aromatic heterocycles. The van der Waals surface area contributed by atoms with E-state index < -0.39 is 20.5 Å². The van der Waals surface area contributed by atoms with E-state index in [2.05, 4.69) is 27.7 Å². The Bertz CT molecular complexity index is 1230. The van der Waals surface area contributed by atoms with E-state index in [1.54, 1.807) is 0 Å². The van der Waals surface area contributed by atoms with Gasteiger partial charge in [-0.25, -0.2) is 0 Å². The second-order valence-corrected chi connectivity index (χ2v) is 9.65. The second-order valence-electron chi connectivity index (χ2n) is 7.12. The largest absolute Gasteiger partial charge is 0.279 e. The predicted octanol–water partition coefficient (Wildman–Crippen LogP) is 4.72. The van der Waals surface area contributed by atoms with Crippen LogP contribution in [0.3, 0.4) is 0 Å². The molecule has 0 saturated heterocycles. The van der Waals surface area contributed by atoms with Gasteiger partial charge < -0.3 is 0 Å². The molecule has 1 aliphatic rings. The summed E-state index contributed by atoms with van der Waals surface area (Å²) in [5.74, 6) is 0. The molecule has 0 N–H and O–H groups in total. The SMILES string of the molecule is O=[N+]([O-])c1ccc(S(=O)(=O)N2N=C(c3ccccc3)C[C@]2(CI)c2ccccc2)cc1. The van der Waals surface area contributed by atoms with Gasteiger partial charge in [-0.05, 0) is 23.3 Å². The lowest BCUT2D eigenvalue weighted by Crippen LogP contribution is -2.45. The maximum atomic E-state index is 13.7. The van der Waals surface area contributed by atoms with Crippen LogP contribution in [-0.4, -0.2) is 27.9 Å². The number of nitro groups is 1. The zero-order chi connectivity index (χ0) is 22.1. The van der Waals surface area contributed by atoms with Crippen LogP contribution in [0.2, 0.25) is 0 Å². The van der Waals surface area contributed by atoms with Crippen LogP contribution < -0.4 is 0 Å². The van der Waals surface area contributed by atoms with E-state index in [1.807, 2.05) is 60.7 Å². The zero-order valence-electron chi connectivity index (χ0n) is 16.3. The molecule has 4 rings (SSSR count). The molecule has 0 unspecified atom stereocenters. The van der Waals surface area contributed by atoms with E-state index in [0.29, 0.717) is 16.6 Å². The maximum Gasteiger partial charge on any atom is 0.279 e. The number of rotatable bonds is 6. The van der Waals surface area contributed by atoms with Crippen molar-refractivity contribution in [2.75, 3.05) is 4.43 Å². The number of hydrazone groups is 1. The van der Waals surface area contributed by atoms with Crippen LogP contribution in [0.5, 0.6) is 0 Å². The minimum absolute atomic E-state index is 0.0404. The number of hydrogen-bond donors (Lipinski definition) is 0. The molecule has 0 fully saturated rings. The van der Waals surface area contributed by atoms with E-state index in [0.717, 1.165) is 11.1 Å². The van der Waals surface area contributed by atoms with Gasteiger partial charge in [0.2, 0.25) is 0 Å². The number of nitrogens with zero attached hydrogens (tertiary/aromatic N) is 3. The predicted molar refractivity (Wildman–Crippen MR) is 127 cm³/mol. The molecule has 0 spiro atoms. The Morgan fingerprint density at radius 3 is 2.10 bits per heavy atom. The molecule has 9 heteroatoms. The van der Waals surface area contributed by atoms with Gasteiger partial charge in [0, 0.05) is 23.0 Å². The van der Waals surface area contributed by atoms with Gasteiger partial charge in [-0.15, -0.1) is 0 Å². The highest BCUT2D eigenvalue weighted by Crippen LogP contribution is 2.44. The standard InChI is InChI=1S/C22H18IN3O4S/c23-16-22(18-9-5-2-6-10-18)15-21(17-7-3-1-4-8-17)24-26(22)31(29,30)20-13-11-19(12-14-20)25(27)28/h1-14H,15-16H2/t22-/m0/s1. The van der Waals surface area contributed by atoms with E-state index >= 15 is 0 Å². The molecular weight excluding hydrogens is 529 g/mol. The van der Waals surface area contributed by atoms with Crippen LogP contribution in [0.25, 0.3) is 0 Å². The summed E-state index contributed by atoms with van der Waals surface area (Å²) in [6, 6.07) is 23.8. The van der Waals surface area contributed by atoms with Crippen molar-refractivity contribution in [1.82, 2.24) is 4.41 Å². The van der Waals surface area contributed by atoms with E-state index in [1.165, 1.54) is 28.7 Å². The first-order chi connectivity index (χ1) is 14.9. The number of sulfonamides is 1. The van der Waals surface area contributed by atoms with E-state index in [9.17, 15) is 18.5 Å². The van der Waals surface area contributed by atoms with Gasteiger partial charge in [-0.3, -0.25) is 10.1 Å². The first-order valence-electron chi connectivity index (χ1n) is 9.43. The number of nitro benzene ring substituents is 1. The van der Waals surface area contributed by atoms with E-state index in [-0.39, 0.29) is 10.6 Å². The van der Waals surface area contributed by atoms with Crippen molar-refractivity contribution < 1.29 is 13.3 Å². The summed E-state index contributed by atoms with van der Waals surface area (Å²) in [4.78, 5) is 10.4. The summed E-state index contributed by atoms with van der Waals surface area (Å²) >= 11 is 2.20. The molecule has 3 aromatic carbocycles. The van der Waals surface area contributed by atoms with Crippen LogP contribution in [0.4, 0.5) is 5.69 Å². The highest BCUT2D eigenvalue weighted by molar-refractivity contribution is 14.1. The summed E-state index contributed by atoms with van der Waals surface area (Å²) in [7, 11) is -4.07. The van der Waals surface area contributed by atoms with Crippen LogP contribution in [0.1, 0.15) is 17.5 Å². The fourth-order valence-corrected chi connectivity index (χ4v) is 6.48. The van der Waals surface area contributed by atoms with Gasteiger partial charge in [0.05, 0.1) is 15.5 Å². The molecule has 1 atom stereocenters. The summed E-state index contributed by atoms with van der Waals surface area (Å²) in [5, 5.41) is 15.6. The number of hydrogen-bond acceptors (Lipinski definition) is 5. The summed E-state index contributed by atoms with van der Waals surface area (Å²) < 4.78 is 29.0. The Morgan fingerprint density at radius 2 is 1.55 bits per heavy atom. The van der Waals surface area contributed by atoms with Crippen molar-refractivity contribution >= 4 is 44.0 Å². The lowest BCUT2D eigenvalue weighted by Gasteiger charge is -2.35. The molecular formula is C22H18IN3O4S. The third-order valence-electron chi connectivity index (χ3n) is 5.25. The summed E-state index contributed by atoms with van der Waals surface area (Å²) in [6.07, 6.45) is 0.413. The normalized spacial score (nSPS) is 18.6. The Labute approximate surface area is 193 Å². The van der Waals surface area contributed by atoms with Crippen molar-refractivity contribution in [1.29, 1.82) is 0 Å². The third kappa shape index (κ3) is 3.83. The maximum absolute atomic E-state index is 13.7. The van der Waals surface area contributed by atoms with Gasteiger partial charge in [-0.2, -0.15) is 17.9 Å². The molecule has 0 bridgehead atoms. The monoisotopic (exact) mass is 547 g/mol. The average molecular weight is 547 g/mol. The highest BCUT2D eigenvalue weighted by Gasteiger charge is 2.49. The van der Waals surface area contributed by atoms with Crippen molar-refractivity contribution in [3.05, 3.63) is 106 Å². The van der Waals surface area contributed by atoms with E-state index in [4.69, 9.17) is 0 Å². The topological polar surface area (TPSA) is 92.9 Å². The molecule has 0 amide bonds. The Morgan fingerprint density at radius 1 is 0.968 bits per heavy atom. The molecule has 7 nitrogen and oxygen atoms in total. The molecule has 3 aromatic rings. The zero-order valence-corrected chi connectivity index (χ0v) is 19.2. The van der Waals surface area contributed by atoms with Gasteiger partial charge in [0.1, 0.15) is 5.54 Å².